The van der Waals surface area contributed by atoms with Gasteiger partial charge in [-0.25, -0.2) is 0 Å². The smallest absolute Gasteiger partial charge is 0.224 e. The third-order valence-corrected chi connectivity index (χ3v) is 3.99. The van der Waals surface area contributed by atoms with Crippen molar-refractivity contribution >= 4 is 27.5 Å². The number of para-hydroxylation sites is 1. The SMILES string of the molecule is O=C(CC1CCCC1)Nc1ccccc1CBr. The summed E-state index contributed by atoms with van der Waals surface area (Å²) in [5, 5.41) is 3.79. The molecule has 1 aromatic rings. The van der Waals surface area contributed by atoms with Crippen LogP contribution in [0.2, 0.25) is 0 Å². The summed E-state index contributed by atoms with van der Waals surface area (Å²) in [5.41, 5.74) is 2.07. The van der Waals surface area contributed by atoms with Crippen molar-refractivity contribution in [2.75, 3.05) is 5.32 Å². The first-order valence-corrected chi connectivity index (χ1v) is 7.35. The molecule has 2 rings (SSSR count). The number of halogens is 1. The molecular weight excluding hydrogens is 278 g/mol. The van der Waals surface area contributed by atoms with Gasteiger partial charge in [0.2, 0.25) is 5.91 Å². The van der Waals surface area contributed by atoms with Crippen molar-refractivity contribution in [3.05, 3.63) is 29.8 Å². The fourth-order valence-corrected chi connectivity index (χ4v) is 2.93. The third kappa shape index (κ3) is 3.56. The number of rotatable bonds is 4. The van der Waals surface area contributed by atoms with E-state index in [9.17, 15) is 4.79 Å². The summed E-state index contributed by atoms with van der Waals surface area (Å²) in [4.78, 5) is 11.9. The molecule has 0 atom stereocenters. The van der Waals surface area contributed by atoms with E-state index >= 15 is 0 Å². The third-order valence-electron chi connectivity index (χ3n) is 3.38. The van der Waals surface area contributed by atoms with Crippen LogP contribution in [0, 0.1) is 5.92 Å². The molecule has 0 saturated heterocycles. The molecule has 0 aliphatic heterocycles. The Kier molecular flexibility index (Phi) is 4.60. The van der Waals surface area contributed by atoms with Crippen LogP contribution in [0.3, 0.4) is 0 Å². The van der Waals surface area contributed by atoms with Gasteiger partial charge < -0.3 is 5.32 Å². The first-order valence-electron chi connectivity index (χ1n) is 6.23. The Bertz CT molecular complexity index is 386. The van der Waals surface area contributed by atoms with E-state index in [2.05, 4.69) is 21.2 Å². The molecule has 0 heterocycles. The van der Waals surface area contributed by atoms with Crippen molar-refractivity contribution in [1.82, 2.24) is 0 Å². The van der Waals surface area contributed by atoms with Gasteiger partial charge in [-0.15, -0.1) is 0 Å². The Morgan fingerprint density at radius 3 is 2.71 bits per heavy atom. The molecule has 3 heteroatoms. The molecule has 1 fully saturated rings. The van der Waals surface area contributed by atoms with Crippen molar-refractivity contribution in [3.63, 3.8) is 0 Å². The number of alkyl halides is 1. The zero-order valence-electron chi connectivity index (χ0n) is 9.92. The van der Waals surface area contributed by atoms with Crippen LogP contribution < -0.4 is 5.32 Å². The van der Waals surface area contributed by atoms with Gasteiger partial charge in [0.15, 0.2) is 0 Å². The van der Waals surface area contributed by atoms with Crippen LogP contribution in [-0.4, -0.2) is 5.91 Å². The molecule has 1 aliphatic carbocycles. The summed E-state index contributed by atoms with van der Waals surface area (Å²) >= 11 is 3.44. The van der Waals surface area contributed by atoms with E-state index in [1.165, 1.54) is 25.7 Å². The Hall–Kier alpha value is -0.830. The summed E-state index contributed by atoms with van der Waals surface area (Å²) in [7, 11) is 0. The fraction of sp³-hybridized carbons (Fsp3) is 0.500. The van der Waals surface area contributed by atoms with Gasteiger partial charge in [0.1, 0.15) is 0 Å². The van der Waals surface area contributed by atoms with E-state index < -0.39 is 0 Å². The number of nitrogens with one attached hydrogen (secondary N) is 1. The summed E-state index contributed by atoms with van der Waals surface area (Å²) in [6.45, 7) is 0. The molecule has 1 aromatic carbocycles. The summed E-state index contributed by atoms with van der Waals surface area (Å²) < 4.78 is 0. The lowest BCUT2D eigenvalue weighted by atomic mass is 10.0. The van der Waals surface area contributed by atoms with Crippen LogP contribution in [0.1, 0.15) is 37.7 Å². The molecular formula is C14H18BrNO. The molecule has 0 spiro atoms. The van der Waals surface area contributed by atoms with Gasteiger partial charge in [-0.3, -0.25) is 4.79 Å². The fourth-order valence-electron chi connectivity index (χ4n) is 2.44. The van der Waals surface area contributed by atoms with Gasteiger partial charge in [0.05, 0.1) is 0 Å². The lowest BCUT2D eigenvalue weighted by molar-refractivity contribution is -0.117. The van der Waals surface area contributed by atoms with E-state index in [1.54, 1.807) is 0 Å². The van der Waals surface area contributed by atoms with Crippen molar-refractivity contribution < 1.29 is 4.79 Å². The molecule has 0 radical (unpaired) electrons. The number of anilines is 1. The Labute approximate surface area is 111 Å². The van der Waals surface area contributed by atoms with Crippen molar-refractivity contribution in [1.29, 1.82) is 0 Å². The largest absolute Gasteiger partial charge is 0.326 e. The van der Waals surface area contributed by atoms with Crippen LogP contribution in [0.15, 0.2) is 24.3 Å². The second-order valence-corrected chi connectivity index (χ2v) is 5.25. The van der Waals surface area contributed by atoms with E-state index in [-0.39, 0.29) is 5.91 Å². The Morgan fingerprint density at radius 1 is 1.29 bits per heavy atom. The predicted molar refractivity (Wildman–Crippen MR) is 74.3 cm³/mol. The first kappa shape index (κ1) is 12.6. The summed E-state index contributed by atoms with van der Waals surface area (Å²) in [5.74, 6) is 0.761. The minimum absolute atomic E-state index is 0.158. The first-order chi connectivity index (χ1) is 8.29. The predicted octanol–water partition coefficient (Wildman–Crippen LogP) is 4.10. The quantitative estimate of drug-likeness (QED) is 0.833. The van der Waals surface area contributed by atoms with E-state index in [1.807, 2.05) is 24.3 Å². The molecule has 1 N–H and O–H groups in total. The van der Waals surface area contributed by atoms with Gasteiger partial charge in [-0.05, 0) is 30.4 Å². The molecule has 0 bridgehead atoms. The van der Waals surface area contributed by atoms with Crippen LogP contribution in [0.5, 0.6) is 0 Å². The molecule has 0 unspecified atom stereocenters. The highest BCUT2D eigenvalue weighted by Crippen LogP contribution is 2.28. The van der Waals surface area contributed by atoms with Crippen LogP contribution in [0.25, 0.3) is 0 Å². The number of hydrogen-bond donors (Lipinski definition) is 1. The average molecular weight is 296 g/mol. The normalized spacial score (nSPS) is 16.1. The van der Waals surface area contributed by atoms with Crippen LogP contribution in [0.4, 0.5) is 5.69 Å². The number of carbonyl (C=O) groups excluding carboxylic acids is 1. The van der Waals surface area contributed by atoms with Crippen molar-refractivity contribution in [3.8, 4) is 0 Å². The highest BCUT2D eigenvalue weighted by molar-refractivity contribution is 9.08. The zero-order chi connectivity index (χ0) is 12.1. The number of carbonyl (C=O) groups is 1. The second-order valence-electron chi connectivity index (χ2n) is 4.69. The summed E-state index contributed by atoms with van der Waals surface area (Å²) in [6.07, 6.45) is 5.68. The molecule has 2 nitrogen and oxygen atoms in total. The minimum atomic E-state index is 0.158. The number of amides is 1. The van der Waals surface area contributed by atoms with Gasteiger partial charge in [0, 0.05) is 17.4 Å². The number of benzene rings is 1. The van der Waals surface area contributed by atoms with Gasteiger partial charge in [-0.2, -0.15) is 0 Å². The lowest BCUT2D eigenvalue weighted by Crippen LogP contribution is -2.15. The average Bonchev–Trinajstić information content (AvgIpc) is 2.82. The lowest BCUT2D eigenvalue weighted by Gasteiger charge is -2.11. The van der Waals surface area contributed by atoms with Crippen molar-refractivity contribution in [2.24, 2.45) is 5.92 Å². The Morgan fingerprint density at radius 2 is 2.00 bits per heavy atom. The highest BCUT2D eigenvalue weighted by Gasteiger charge is 2.18. The Balaban J connectivity index is 1.92. The van der Waals surface area contributed by atoms with E-state index in [0.717, 1.165) is 16.6 Å². The zero-order valence-corrected chi connectivity index (χ0v) is 11.5. The van der Waals surface area contributed by atoms with E-state index in [4.69, 9.17) is 0 Å². The minimum Gasteiger partial charge on any atom is -0.326 e. The maximum atomic E-state index is 11.9. The number of hydrogen-bond acceptors (Lipinski definition) is 1. The topological polar surface area (TPSA) is 29.1 Å². The molecule has 1 amide bonds. The molecule has 0 aromatic heterocycles. The second kappa shape index (κ2) is 6.20. The molecule has 17 heavy (non-hydrogen) atoms. The van der Waals surface area contributed by atoms with Crippen LogP contribution >= 0.6 is 15.9 Å². The maximum absolute atomic E-state index is 11.9. The highest BCUT2D eigenvalue weighted by atomic mass is 79.9. The molecule has 1 aliphatic rings. The van der Waals surface area contributed by atoms with Gasteiger partial charge in [-0.1, -0.05) is 47.0 Å². The molecule has 92 valence electrons. The van der Waals surface area contributed by atoms with Gasteiger partial charge >= 0.3 is 0 Å². The van der Waals surface area contributed by atoms with Crippen LogP contribution in [-0.2, 0) is 10.1 Å². The summed E-state index contributed by atoms with van der Waals surface area (Å²) in [6, 6.07) is 7.93. The standard InChI is InChI=1S/C14H18BrNO/c15-10-12-7-3-4-8-13(12)16-14(17)9-11-5-1-2-6-11/h3-4,7-8,11H,1-2,5-6,9-10H2,(H,16,17). The monoisotopic (exact) mass is 295 g/mol. The molecule has 1 saturated carbocycles. The van der Waals surface area contributed by atoms with Crippen molar-refractivity contribution in [2.45, 2.75) is 37.4 Å². The van der Waals surface area contributed by atoms with Gasteiger partial charge in [0.25, 0.3) is 0 Å². The van der Waals surface area contributed by atoms with E-state index in [0.29, 0.717) is 12.3 Å². The maximum Gasteiger partial charge on any atom is 0.224 e.